The van der Waals surface area contributed by atoms with E-state index in [0.717, 1.165) is 6.07 Å². The van der Waals surface area contributed by atoms with Crippen LogP contribution in [0.25, 0.3) is 0 Å². The molecule has 1 heterocycles. The molecule has 1 aromatic carbocycles. The van der Waals surface area contributed by atoms with E-state index in [-0.39, 0.29) is 29.8 Å². The molecule has 3 rings (SSSR count). The Morgan fingerprint density at radius 3 is 2.65 bits per heavy atom. The predicted octanol–water partition coefficient (Wildman–Crippen LogP) is 4.06. The number of sulfone groups is 1. The van der Waals surface area contributed by atoms with Crippen molar-refractivity contribution in [3.05, 3.63) is 58.0 Å². The molecule has 3 unspecified atom stereocenters. The molecule has 0 bridgehead atoms. The number of halogens is 6. The quantitative estimate of drug-likeness (QED) is 0.573. The van der Waals surface area contributed by atoms with Crippen molar-refractivity contribution in [2.75, 3.05) is 12.8 Å². The second kappa shape index (κ2) is 9.38. The van der Waals surface area contributed by atoms with Gasteiger partial charge >= 0.3 is 6.18 Å². The minimum Gasteiger partial charge on any atom is -0.387 e. The summed E-state index contributed by atoms with van der Waals surface area (Å²) >= 11 is 6.01. The van der Waals surface area contributed by atoms with Gasteiger partial charge in [0.1, 0.15) is 12.0 Å². The molecule has 3 atom stereocenters. The summed E-state index contributed by atoms with van der Waals surface area (Å²) in [5.74, 6) is -3.08. The fourth-order valence-electron chi connectivity index (χ4n) is 3.99. The molecule has 2 aromatic rings. The maximum absolute atomic E-state index is 14.2. The number of aromatic nitrogens is 1. The molecule has 1 aliphatic carbocycles. The number of carbonyl (C=O) groups excluding carboxylic acids is 1. The molecule has 1 amide bonds. The Kier molecular flexibility index (Phi) is 7.26. The summed E-state index contributed by atoms with van der Waals surface area (Å²) in [7, 11) is -4.18. The molecule has 1 fully saturated rings. The van der Waals surface area contributed by atoms with Gasteiger partial charge in [-0.25, -0.2) is 22.2 Å². The Morgan fingerprint density at radius 2 is 2.03 bits per heavy atom. The van der Waals surface area contributed by atoms with Gasteiger partial charge in [-0.3, -0.25) is 4.79 Å². The maximum Gasteiger partial charge on any atom is 0.417 e. The van der Waals surface area contributed by atoms with E-state index in [0.29, 0.717) is 18.5 Å². The maximum atomic E-state index is 14.2. The second-order valence-electron chi connectivity index (χ2n) is 8.20. The van der Waals surface area contributed by atoms with Crippen LogP contribution < -0.4 is 5.32 Å². The average Bonchev–Trinajstić information content (AvgIpc) is 2.74. The van der Waals surface area contributed by atoms with Gasteiger partial charge in [-0.05, 0) is 37.0 Å². The predicted molar refractivity (Wildman–Crippen MR) is 113 cm³/mol. The van der Waals surface area contributed by atoms with Gasteiger partial charge in [0.2, 0.25) is 0 Å². The van der Waals surface area contributed by atoms with Gasteiger partial charge in [-0.1, -0.05) is 23.7 Å². The van der Waals surface area contributed by atoms with Gasteiger partial charge in [0.25, 0.3) is 5.91 Å². The van der Waals surface area contributed by atoms with Crippen LogP contribution in [-0.4, -0.2) is 49.0 Å². The van der Waals surface area contributed by atoms with E-state index in [1.54, 1.807) is 0 Å². The van der Waals surface area contributed by atoms with Crippen molar-refractivity contribution in [3.63, 3.8) is 0 Å². The molecule has 34 heavy (non-hydrogen) atoms. The van der Waals surface area contributed by atoms with Crippen LogP contribution in [0.3, 0.4) is 0 Å². The average molecular weight is 527 g/mol. The Bertz CT molecular complexity index is 1210. The van der Waals surface area contributed by atoms with Gasteiger partial charge < -0.3 is 10.4 Å². The lowest BCUT2D eigenvalue weighted by atomic mass is 9.71. The first-order valence-corrected chi connectivity index (χ1v) is 12.3. The zero-order valence-electron chi connectivity index (χ0n) is 17.7. The highest BCUT2D eigenvalue weighted by molar-refractivity contribution is 7.90. The molecular formula is C21H20ClF5N2O4S. The Balaban J connectivity index is 1.94. The summed E-state index contributed by atoms with van der Waals surface area (Å²) in [6.45, 7) is -0.588. The highest BCUT2D eigenvalue weighted by atomic mass is 35.5. The van der Waals surface area contributed by atoms with Gasteiger partial charge in [-0.15, -0.1) is 0 Å². The molecule has 13 heteroatoms. The first-order valence-electron chi connectivity index (χ1n) is 9.99. The fraction of sp³-hybridized carbons (Fsp3) is 0.429. The van der Waals surface area contributed by atoms with Gasteiger partial charge in [0.05, 0.1) is 21.8 Å². The molecule has 186 valence electrons. The van der Waals surface area contributed by atoms with E-state index in [2.05, 4.69) is 10.3 Å². The van der Waals surface area contributed by atoms with Crippen molar-refractivity contribution >= 4 is 27.3 Å². The molecule has 0 radical (unpaired) electrons. The Hall–Kier alpha value is -2.31. The van der Waals surface area contributed by atoms with E-state index in [1.807, 2.05) is 0 Å². The first-order chi connectivity index (χ1) is 15.6. The fourth-order valence-corrected chi connectivity index (χ4v) is 5.04. The zero-order valence-corrected chi connectivity index (χ0v) is 19.2. The smallest absolute Gasteiger partial charge is 0.387 e. The van der Waals surface area contributed by atoms with Gasteiger partial charge in [0.15, 0.2) is 14.9 Å². The highest BCUT2D eigenvalue weighted by Gasteiger charge is 2.44. The van der Waals surface area contributed by atoms with Crippen LogP contribution in [0.1, 0.15) is 46.7 Å². The minimum absolute atomic E-state index is 0.0878. The second-order valence-corrected chi connectivity index (χ2v) is 10.5. The number of carbonyl (C=O) groups is 1. The summed E-state index contributed by atoms with van der Waals surface area (Å²) < 4.78 is 91.4. The highest BCUT2D eigenvalue weighted by Crippen LogP contribution is 2.44. The van der Waals surface area contributed by atoms with E-state index < -0.39 is 68.1 Å². The normalized spacial score (nSPS) is 23.5. The van der Waals surface area contributed by atoms with E-state index in [9.17, 15) is 40.3 Å². The van der Waals surface area contributed by atoms with Crippen LogP contribution in [0.5, 0.6) is 0 Å². The number of hydrogen-bond donors (Lipinski definition) is 2. The third kappa shape index (κ3) is 5.49. The number of pyridine rings is 1. The number of rotatable bonds is 5. The molecule has 1 aromatic heterocycles. The topological polar surface area (TPSA) is 96.4 Å². The number of alkyl halides is 4. The molecular weight excluding hydrogens is 507 g/mol. The van der Waals surface area contributed by atoms with E-state index in [4.69, 9.17) is 11.6 Å². The van der Waals surface area contributed by atoms with Crippen LogP contribution in [-0.2, 0) is 16.0 Å². The van der Waals surface area contributed by atoms with Crippen molar-refractivity contribution in [2.24, 2.45) is 0 Å². The number of nitrogens with zero attached hydrogens (tertiary/aromatic N) is 1. The van der Waals surface area contributed by atoms with Crippen molar-refractivity contribution in [1.82, 2.24) is 10.3 Å². The van der Waals surface area contributed by atoms with Gasteiger partial charge in [0, 0.05) is 24.9 Å². The first kappa shape index (κ1) is 26.3. The Labute approximate surface area is 197 Å². The molecule has 0 aliphatic heterocycles. The van der Waals surface area contributed by atoms with Crippen molar-refractivity contribution < 1.29 is 40.3 Å². The Morgan fingerprint density at radius 1 is 1.35 bits per heavy atom. The summed E-state index contributed by atoms with van der Waals surface area (Å²) in [5.41, 5.74) is -3.93. The van der Waals surface area contributed by atoms with Crippen molar-refractivity contribution in [1.29, 1.82) is 0 Å². The van der Waals surface area contributed by atoms with Crippen LogP contribution in [0.4, 0.5) is 22.0 Å². The molecule has 6 nitrogen and oxygen atoms in total. The monoisotopic (exact) mass is 526 g/mol. The van der Waals surface area contributed by atoms with Gasteiger partial charge in [-0.2, -0.15) is 13.2 Å². The summed E-state index contributed by atoms with van der Waals surface area (Å²) in [5, 5.41) is 12.3. The molecule has 1 saturated carbocycles. The lowest BCUT2D eigenvalue weighted by Crippen LogP contribution is -2.50. The lowest BCUT2D eigenvalue weighted by molar-refractivity contribution is -0.137. The summed E-state index contributed by atoms with van der Waals surface area (Å²) in [6, 6.07) is 4.15. The van der Waals surface area contributed by atoms with Crippen molar-refractivity contribution in [3.8, 4) is 0 Å². The molecule has 1 aliphatic rings. The molecule has 0 spiro atoms. The molecule has 2 N–H and O–H groups in total. The standard InChI is InChI=1S/C21H20ClF5N2O4S/c1-34(32,33)19-14(7-11(9-28-19)21(25,26)27)18(30)29-10-20(31)6-5-12(23)8-15(20)13-3-2-4-16(24)17(13)22/h2-4,7,9,12,15,31H,5-6,8,10H2,1H3,(H,29,30). The number of aliphatic hydroxyl groups is 1. The van der Waals surface area contributed by atoms with Crippen LogP contribution >= 0.6 is 11.6 Å². The third-order valence-electron chi connectivity index (χ3n) is 5.72. The third-order valence-corrected chi connectivity index (χ3v) is 7.14. The van der Waals surface area contributed by atoms with Crippen molar-refractivity contribution in [2.45, 2.75) is 48.2 Å². The SMILES string of the molecule is CS(=O)(=O)c1ncc(C(F)(F)F)cc1C(=O)NCC1(O)CCC(F)CC1c1cccc(F)c1Cl. The summed E-state index contributed by atoms with van der Waals surface area (Å²) in [6.07, 6.45) is -5.77. The largest absolute Gasteiger partial charge is 0.417 e. The number of nitrogens with one attached hydrogen (secondary N) is 1. The van der Waals surface area contributed by atoms with Crippen LogP contribution in [0.15, 0.2) is 35.5 Å². The molecule has 0 saturated heterocycles. The lowest BCUT2D eigenvalue weighted by Gasteiger charge is -2.42. The van der Waals surface area contributed by atoms with Crippen LogP contribution in [0.2, 0.25) is 5.02 Å². The number of amides is 1. The number of hydrogen-bond acceptors (Lipinski definition) is 5. The van der Waals surface area contributed by atoms with E-state index in [1.165, 1.54) is 12.1 Å². The number of benzene rings is 1. The van der Waals surface area contributed by atoms with Crippen LogP contribution in [0, 0.1) is 5.82 Å². The zero-order chi connectivity index (χ0) is 25.5. The summed E-state index contributed by atoms with van der Waals surface area (Å²) in [4.78, 5) is 16.1. The minimum atomic E-state index is -4.89. The van der Waals surface area contributed by atoms with E-state index >= 15 is 0 Å².